The van der Waals surface area contributed by atoms with Gasteiger partial charge in [-0.2, -0.15) is 0 Å². The highest BCUT2D eigenvalue weighted by Gasteiger charge is 2.14. The molecule has 0 heterocycles. The monoisotopic (exact) mass is 303 g/mol. The number of halogens is 1. The van der Waals surface area contributed by atoms with E-state index in [1.165, 1.54) is 6.07 Å². The summed E-state index contributed by atoms with van der Waals surface area (Å²) in [7, 11) is 0. The van der Waals surface area contributed by atoms with E-state index in [9.17, 15) is 9.90 Å². The van der Waals surface area contributed by atoms with Crippen molar-refractivity contribution in [3.05, 3.63) is 65.2 Å². The summed E-state index contributed by atoms with van der Waals surface area (Å²) in [5.41, 5.74) is 2.33. The highest BCUT2D eigenvalue weighted by Crippen LogP contribution is 2.17. The van der Waals surface area contributed by atoms with E-state index in [0.29, 0.717) is 23.4 Å². The first-order valence-corrected chi connectivity index (χ1v) is 7.34. The van der Waals surface area contributed by atoms with Crippen LogP contribution < -0.4 is 5.32 Å². The Bertz CT molecular complexity index is 613. The normalized spacial score (nSPS) is 11.9. The van der Waals surface area contributed by atoms with Crippen molar-refractivity contribution >= 4 is 17.5 Å². The van der Waals surface area contributed by atoms with Crippen molar-refractivity contribution in [2.24, 2.45) is 0 Å². The van der Waals surface area contributed by atoms with Gasteiger partial charge in [0.1, 0.15) is 5.75 Å². The highest BCUT2D eigenvalue weighted by molar-refractivity contribution is 6.18. The van der Waals surface area contributed by atoms with E-state index in [1.54, 1.807) is 19.1 Å². The van der Waals surface area contributed by atoms with Gasteiger partial charge in [0, 0.05) is 17.5 Å². The first kappa shape index (κ1) is 15.4. The van der Waals surface area contributed by atoms with Gasteiger partial charge in [-0.15, -0.1) is 11.6 Å². The van der Waals surface area contributed by atoms with Crippen molar-refractivity contribution in [1.82, 2.24) is 5.32 Å². The summed E-state index contributed by atoms with van der Waals surface area (Å²) in [4.78, 5) is 12.2. The molecule has 110 valence electrons. The molecule has 0 aliphatic carbocycles. The molecule has 0 radical (unpaired) electrons. The highest BCUT2D eigenvalue weighted by atomic mass is 35.5. The molecule has 1 amide bonds. The molecule has 0 bridgehead atoms. The number of benzene rings is 2. The molecule has 0 aliphatic heterocycles. The first-order valence-electron chi connectivity index (χ1n) is 6.80. The Hall–Kier alpha value is -2.00. The molecule has 0 saturated heterocycles. The molecular formula is C17H18ClNO2. The van der Waals surface area contributed by atoms with Crippen LogP contribution in [0, 0.1) is 6.92 Å². The number of aromatic hydroxyl groups is 1. The van der Waals surface area contributed by atoms with E-state index in [1.807, 2.05) is 30.3 Å². The third-order valence-corrected chi connectivity index (χ3v) is 3.68. The summed E-state index contributed by atoms with van der Waals surface area (Å²) in [6, 6.07) is 14.6. The Labute approximate surface area is 129 Å². The molecule has 2 N–H and O–H groups in total. The van der Waals surface area contributed by atoms with Gasteiger partial charge in [-0.05, 0) is 42.7 Å². The topological polar surface area (TPSA) is 49.3 Å². The molecule has 2 rings (SSSR count). The lowest BCUT2D eigenvalue weighted by Crippen LogP contribution is -2.37. The average Bonchev–Trinajstić information content (AvgIpc) is 2.50. The van der Waals surface area contributed by atoms with Crippen molar-refractivity contribution in [3.8, 4) is 5.75 Å². The average molecular weight is 304 g/mol. The van der Waals surface area contributed by atoms with E-state index in [0.717, 1.165) is 5.56 Å². The quantitative estimate of drug-likeness (QED) is 0.833. The Kier molecular flexibility index (Phi) is 5.23. The summed E-state index contributed by atoms with van der Waals surface area (Å²) in [5.74, 6) is 0.349. The zero-order chi connectivity index (χ0) is 15.2. The van der Waals surface area contributed by atoms with Crippen LogP contribution >= 0.6 is 11.6 Å². The van der Waals surface area contributed by atoms with Crippen LogP contribution in [0.2, 0.25) is 0 Å². The zero-order valence-electron chi connectivity index (χ0n) is 11.8. The summed E-state index contributed by atoms with van der Waals surface area (Å²) in [5, 5.41) is 12.4. The molecule has 0 aliphatic rings. The fourth-order valence-corrected chi connectivity index (χ4v) is 2.29. The molecular weight excluding hydrogens is 286 g/mol. The minimum absolute atomic E-state index is 0.129. The van der Waals surface area contributed by atoms with E-state index in [2.05, 4.69) is 5.32 Å². The predicted octanol–water partition coefficient (Wildman–Crippen LogP) is 3.28. The Morgan fingerprint density at radius 2 is 1.95 bits per heavy atom. The number of hydrogen-bond donors (Lipinski definition) is 2. The lowest BCUT2D eigenvalue weighted by atomic mass is 10.1. The minimum atomic E-state index is -0.181. The fourth-order valence-electron chi connectivity index (χ4n) is 2.11. The number of nitrogens with one attached hydrogen (secondary N) is 1. The molecule has 2 aromatic carbocycles. The number of carbonyl (C=O) groups excluding carboxylic acids is 1. The summed E-state index contributed by atoms with van der Waals surface area (Å²) in [6.45, 7) is 1.76. The summed E-state index contributed by atoms with van der Waals surface area (Å²) in [6.07, 6.45) is 0.688. The van der Waals surface area contributed by atoms with Crippen molar-refractivity contribution in [3.63, 3.8) is 0 Å². The number of rotatable bonds is 5. The van der Waals surface area contributed by atoms with Crippen LogP contribution in [-0.2, 0) is 6.42 Å². The van der Waals surface area contributed by atoms with Gasteiger partial charge in [-0.1, -0.05) is 30.3 Å². The number of alkyl halides is 1. The lowest BCUT2D eigenvalue weighted by Gasteiger charge is -2.16. The van der Waals surface area contributed by atoms with Gasteiger partial charge in [0.05, 0.1) is 0 Å². The van der Waals surface area contributed by atoms with E-state index >= 15 is 0 Å². The molecule has 4 heteroatoms. The number of hydrogen-bond acceptors (Lipinski definition) is 2. The lowest BCUT2D eigenvalue weighted by molar-refractivity contribution is 0.0940. The van der Waals surface area contributed by atoms with Gasteiger partial charge in [-0.25, -0.2) is 0 Å². The van der Waals surface area contributed by atoms with Crippen molar-refractivity contribution in [2.75, 3.05) is 5.88 Å². The van der Waals surface area contributed by atoms with Crippen molar-refractivity contribution < 1.29 is 9.90 Å². The number of carbonyl (C=O) groups is 1. The summed E-state index contributed by atoms with van der Waals surface area (Å²) >= 11 is 5.95. The van der Waals surface area contributed by atoms with Crippen LogP contribution in [0.4, 0.5) is 0 Å². The molecule has 0 spiro atoms. The minimum Gasteiger partial charge on any atom is -0.508 e. The zero-order valence-corrected chi connectivity index (χ0v) is 12.6. The predicted molar refractivity (Wildman–Crippen MR) is 85.0 cm³/mol. The van der Waals surface area contributed by atoms with Gasteiger partial charge in [0.2, 0.25) is 0 Å². The van der Waals surface area contributed by atoms with E-state index < -0.39 is 0 Å². The SMILES string of the molecule is Cc1cc(C(=O)NC(CCl)Cc2ccccc2)ccc1O. The molecule has 0 fully saturated rings. The maximum absolute atomic E-state index is 12.2. The standard InChI is InChI=1S/C17H18ClNO2/c1-12-9-14(7-8-16(12)20)17(21)19-15(11-18)10-13-5-3-2-4-6-13/h2-9,15,20H,10-11H2,1H3,(H,19,21). The van der Waals surface area contributed by atoms with Gasteiger partial charge in [-0.3, -0.25) is 4.79 Å². The third kappa shape index (κ3) is 4.23. The van der Waals surface area contributed by atoms with Gasteiger partial charge in [0.15, 0.2) is 0 Å². The number of aryl methyl sites for hydroxylation is 1. The van der Waals surface area contributed by atoms with Crippen LogP contribution in [0.5, 0.6) is 5.75 Å². The Morgan fingerprint density at radius 3 is 2.57 bits per heavy atom. The molecule has 2 aromatic rings. The maximum Gasteiger partial charge on any atom is 0.251 e. The van der Waals surface area contributed by atoms with Gasteiger partial charge >= 0.3 is 0 Å². The van der Waals surface area contributed by atoms with Crippen LogP contribution in [0.25, 0.3) is 0 Å². The largest absolute Gasteiger partial charge is 0.508 e. The van der Waals surface area contributed by atoms with Crippen LogP contribution in [0.15, 0.2) is 48.5 Å². The van der Waals surface area contributed by atoms with Crippen LogP contribution in [0.1, 0.15) is 21.5 Å². The molecule has 1 atom stereocenters. The van der Waals surface area contributed by atoms with Crippen LogP contribution in [-0.4, -0.2) is 22.9 Å². The number of amides is 1. The number of phenols is 1. The molecule has 1 unspecified atom stereocenters. The second kappa shape index (κ2) is 7.14. The smallest absolute Gasteiger partial charge is 0.251 e. The van der Waals surface area contributed by atoms with Crippen molar-refractivity contribution in [2.45, 2.75) is 19.4 Å². The third-order valence-electron chi connectivity index (χ3n) is 3.31. The second-order valence-electron chi connectivity index (χ2n) is 5.02. The maximum atomic E-state index is 12.2. The number of phenolic OH excluding ortho intramolecular Hbond substituents is 1. The van der Waals surface area contributed by atoms with E-state index in [-0.39, 0.29) is 17.7 Å². The molecule has 3 nitrogen and oxygen atoms in total. The molecule has 0 aromatic heterocycles. The van der Waals surface area contributed by atoms with Gasteiger partial charge < -0.3 is 10.4 Å². The molecule has 21 heavy (non-hydrogen) atoms. The Morgan fingerprint density at radius 1 is 1.24 bits per heavy atom. The molecule has 0 saturated carbocycles. The first-order chi connectivity index (χ1) is 10.1. The van der Waals surface area contributed by atoms with E-state index in [4.69, 9.17) is 11.6 Å². The Balaban J connectivity index is 2.04. The van der Waals surface area contributed by atoms with Crippen molar-refractivity contribution in [1.29, 1.82) is 0 Å². The summed E-state index contributed by atoms with van der Waals surface area (Å²) < 4.78 is 0. The van der Waals surface area contributed by atoms with Gasteiger partial charge in [0.25, 0.3) is 5.91 Å². The fraction of sp³-hybridized carbons (Fsp3) is 0.235. The van der Waals surface area contributed by atoms with Crippen LogP contribution in [0.3, 0.4) is 0 Å². The second-order valence-corrected chi connectivity index (χ2v) is 5.32.